The number of nitrogens with two attached hydrogens (primary N) is 1. The zero-order valence-corrected chi connectivity index (χ0v) is 10.6. The van der Waals surface area contributed by atoms with Crippen LogP contribution in [0.4, 0.5) is 5.82 Å². The summed E-state index contributed by atoms with van der Waals surface area (Å²) in [5.74, 6) is 1.14. The fourth-order valence-corrected chi connectivity index (χ4v) is 3.39. The highest BCUT2D eigenvalue weighted by molar-refractivity contribution is 7.13. The number of rotatable bonds is 2. The van der Waals surface area contributed by atoms with E-state index in [0.717, 1.165) is 18.9 Å². The van der Waals surface area contributed by atoms with Crippen LogP contribution in [0.3, 0.4) is 0 Å². The predicted molar refractivity (Wildman–Crippen MR) is 73.7 cm³/mol. The lowest BCUT2D eigenvalue weighted by atomic mass is 10.0. The van der Waals surface area contributed by atoms with Crippen LogP contribution in [0.5, 0.6) is 0 Å². The van der Waals surface area contributed by atoms with E-state index in [0.29, 0.717) is 6.04 Å². The fraction of sp³-hybridized carbons (Fsp3) is 0.462. The first-order valence-electron chi connectivity index (χ1n) is 6.21. The Labute approximate surface area is 105 Å². The molecule has 90 valence electrons. The van der Waals surface area contributed by atoms with Gasteiger partial charge in [-0.05, 0) is 42.9 Å². The average Bonchev–Trinajstić information content (AvgIpc) is 2.82. The van der Waals surface area contributed by atoms with Gasteiger partial charge in [-0.15, -0.1) is 0 Å². The molecule has 0 radical (unpaired) electrons. The van der Waals surface area contributed by atoms with Crippen molar-refractivity contribution in [3.05, 3.63) is 24.3 Å². The molecular weight excluding hydrogens is 230 g/mol. The number of nitrogens with zero attached hydrogens (tertiary/aromatic N) is 2. The van der Waals surface area contributed by atoms with Gasteiger partial charge in [0.05, 0.1) is 4.70 Å². The zero-order valence-electron chi connectivity index (χ0n) is 9.80. The Hall–Kier alpha value is -1.13. The highest BCUT2D eigenvalue weighted by Crippen LogP contribution is 2.32. The molecular formula is C13H17N3S. The molecule has 1 unspecified atom stereocenters. The quantitative estimate of drug-likeness (QED) is 0.887. The van der Waals surface area contributed by atoms with Gasteiger partial charge in [0, 0.05) is 24.5 Å². The van der Waals surface area contributed by atoms with E-state index in [4.69, 9.17) is 5.73 Å². The fourth-order valence-electron chi connectivity index (χ4n) is 2.60. The minimum atomic E-state index is 0.467. The number of aromatic nitrogens is 1. The summed E-state index contributed by atoms with van der Waals surface area (Å²) in [5.41, 5.74) is 5.88. The van der Waals surface area contributed by atoms with Gasteiger partial charge in [-0.25, -0.2) is 0 Å². The van der Waals surface area contributed by atoms with Crippen LogP contribution in [-0.4, -0.2) is 23.5 Å². The van der Waals surface area contributed by atoms with E-state index >= 15 is 0 Å². The highest BCUT2D eigenvalue weighted by atomic mass is 32.1. The molecule has 3 nitrogen and oxygen atoms in total. The Balaban J connectivity index is 2.01. The van der Waals surface area contributed by atoms with Gasteiger partial charge in [0.25, 0.3) is 0 Å². The van der Waals surface area contributed by atoms with E-state index in [9.17, 15) is 0 Å². The highest BCUT2D eigenvalue weighted by Gasteiger charge is 2.24. The molecule has 0 aliphatic carbocycles. The van der Waals surface area contributed by atoms with E-state index in [1.807, 2.05) is 0 Å². The molecule has 0 bridgehead atoms. The third-order valence-electron chi connectivity index (χ3n) is 3.53. The van der Waals surface area contributed by atoms with Crippen LogP contribution in [-0.2, 0) is 0 Å². The van der Waals surface area contributed by atoms with Crippen LogP contribution >= 0.6 is 11.5 Å². The number of anilines is 1. The van der Waals surface area contributed by atoms with Gasteiger partial charge in [-0.2, -0.15) is 4.37 Å². The first-order valence-corrected chi connectivity index (χ1v) is 6.98. The summed E-state index contributed by atoms with van der Waals surface area (Å²) >= 11 is 1.59. The molecule has 1 aromatic carbocycles. The summed E-state index contributed by atoms with van der Waals surface area (Å²) in [6, 6.07) is 8.92. The van der Waals surface area contributed by atoms with Crippen molar-refractivity contribution in [2.24, 2.45) is 5.73 Å². The third kappa shape index (κ3) is 1.91. The van der Waals surface area contributed by atoms with E-state index in [2.05, 4.69) is 33.5 Å². The molecule has 1 atom stereocenters. The lowest BCUT2D eigenvalue weighted by molar-refractivity contribution is 0.464. The molecule has 17 heavy (non-hydrogen) atoms. The predicted octanol–water partition coefficient (Wildman–Crippen LogP) is 2.61. The Morgan fingerprint density at radius 1 is 1.35 bits per heavy atom. The molecule has 2 aromatic rings. The molecule has 1 saturated heterocycles. The van der Waals surface area contributed by atoms with Crippen LogP contribution in [0, 0.1) is 0 Å². The molecule has 1 fully saturated rings. The van der Waals surface area contributed by atoms with Crippen LogP contribution in [0.2, 0.25) is 0 Å². The Morgan fingerprint density at radius 3 is 3.12 bits per heavy atom. The van der Waals surface area contributed by atoms with Crippen LogP contribution in [0.25, 0.3) is 10.1 Å². The minimum absolute atomic E-state index is 0.467. The van der Waals surface area contributed by atoms with Gasteiger partial charge in [0.2, 0.25) is 0 Å². The van der Waals surface area contributed by atoms with E-state index in [1.54, 1.807) is 11.5 Å². The molecule has 0 spiro atoms. The molecule has 2 heterocycles. The van der Waals surface area contributed by atoms with E-state index < -0.39 is 0 Å². The van der Waals surface area contributed by atoms with Gasteiger partial charge in [0.15, 0.2) is 0 Å². The molecule has 1 aliphatic rings. The summed E-state index contributed by atoms with van der Waals surface area (Å²) < 4.78 is 5.90. The van der Waals surface area contributed by atoms with Crippen molar-refractivity contribution in [3.63, 3.8) is 0 Å². The summed E-state index contributed by atoms with van der Waals surface area (Å²) in [6.45, 7) is 1.82. The lowest BCUT2D eigenvalue weighted by Gasteiger charge is -2.35. The molecule has 0 amide bonds. The molecule has 4 heteroatoms. The molecule has 1 aliphatic heterocycles. The average molecular weight is 247 g/mol. The van der Waals surface area contributed by atoms with E-state index in [-0.39, 0.29) is 0 Å². The minimum Gasteiger partial charge on any atom is -0.351 e. The van der Waals surface area contributed by atoms with Crippen LogP contribution in [0.1, 0.15) is 19.3 Å². The van der Waals surface area contributed by atoms with Crippen molar-refractivity contribution in [2.45, 2.75) is 25.3 Å². The first-order chi connectivity index (χ1) is 8.40. The monoisotopic (exact) mass is 247 g/mol. The Kier molecular flexibility index (Phi) is 2.99. The van der Waals surface area contributed by atoms with Crippen molar-refractivity contribution < 1.29 is 0 Å². The second-order valence-electron chi connectivity index (χ2n) is 4.58. The zero-order chi connectivity index (χ0) is 11.7. The normalized spacial score (nSPS) is 21.0. The SMILES string of the molecule is NCC1CCCCN1c1nsc2ccccc12. The van der Waals surface area contributed by atoms with Crippen molar-refractivity contribution in [3.8, 4) is 0 Å². The second kappa shape index (κ2) is 4.63. The summed E-state index contributed by atoms with van der Waals surface area (Å²) in [4.78, 5) is 2.41. The van der Waals surface area contributed by atoms with Gasteiger partial charge in [0.1, 0.15) is 5.82 Å². The maximum Gasteiger partial charge on any atom is 0.150 e. The maximum atomic E-state index is 5.88. The lowest BCUT2D eigenvalue weighted by Crippen LogP contribution is -2.44. The van der Waals surface area contributed by atoms with Crippen molar-refractivity contribution >= 4 is 27.4 Å². The summed E-state index contributed by atoms with van der Waals surface area (Å²) in [7, 11) is 0. The van der Waals surface area contributed by atoms with Gasteiger partial charge in [-0.1, -0.05) is 12.1 Å². The molecule has 1 aromatic heterocycles. The number of hydrogen-bond acceptors (Lipinski definition) is 4. The van der Waals surface area contributed by atoms with Gasteiger partial charge >= 0.3 is 0 Å². The number of benzene rings is 1. The summed E-state index contributed by atoms with van der Waals surface area (Å²) in [5, 5.41) is 1.28. The smallest absolute Gasteiger partial charge is 0.150 e. The second-order valence-corrected chi connectivity index (χ2v) is 5.39. The maximum absolute atomic E-state index is 5.88. The third-order valence-corrected chi connectivity index (χ3v) is 4.35. The standard InChI is InChI=1S/C13H17N3S/c14-9-10-5-3-4-8-16(10)13-11-6-1-2-7-12(11)17-15-13/h1-2,6-7,10H,3-5,8-9,14H2. The molecule has 0 saturated carbocycles. The number of piperidine rings is 1. The van der Waals surface area contributed by atoms with Crippen molar-refractivity contribution in [1.29, 1.82) is 0 Å². The van der Waals surface area contributed by atoms with Crippen molar-refractivity contribution in [1.82, 2.24) is 4.37 Å². The molecule has 3 rings (SSSR count). The number of fused-ring (bicyclic) bond motifs is 1. The van der Waals surface area contributed by atoms with Crippen LogP contribution in [0.15, 0.2) is 24.3 Å². The van der Waals surface area contributed by atoms with Gasteiger partial charge < -0.3 is 10.6 Å². The first kappa shape index (κ1) is 11.0. The topological polar surface area (TPSA) is 42.1 Å². The van der Waals surface area contributed by atoms with Crippen molar-refractivity contribution in [2.75, 3.05) is 18.0 Å². The van der Waals surface area contributed by atoms with Crippen LogP contribution < -0.4 is 10.6 Å². The summed E-state index contributed by atoms with van der Waals surface area (Å²) in [6.07, 6.45) is 3.74. The van der Waals surface area contributed by atoms with E-state index in [1.165, 1.54) is 29.3 Å². The Bertz CT molecular complexity index is 508. The number of hydrogen-bond donors (Lipinski definition) is 1. The van der Waals surface area contributed by atoms with Gasteiger partial charge in [-0.3, -0.25) is 0 Å². The Morgan fingerprint density at radius 2 is 2.24 bits per heavy atom. The molecule has 2 N–H and O–H groups in total. The largest absolute Gasteiger partial charge is 0.351 e.